The maximum absolute atomic E-state index is 12.0. The quantitative estimate of drug-likeness (QED) is 0.744. The van der Waals surface area contributed by atoms with Crippen LogP contribution in [-0.4, -0.2) is 17.9 Å². The Bertz CT molecular complexity index is 641. The van der Waals surface area contributed by atoms with Gasteiger partial charge < -0.3 is 11.1 Å². The Hall–Kier alpha value is -2.62. The van der Waals surface area contributed by atoms with Crippen molar-refractivity contribution in [2.75, 3.05) is 0 Å². The molecule has 0 aliphatic heterocycles. The molecule has 24 heavy (non-hydrogen) atoms. The van der Waals surface area contributed by atoms with E-state index in [9.17, 15) is 9.59 Å². The molecule has 0 radical (unpaired) electrons. The third-order valence-corrected chi connectivity index (χ3v) is 3.96. The Morgan fingerprint density at radius 1 is 0.875 bits per heavy atom. The number of nitrogens with two attached hydrogens (primary N) is 1. The first-order valence-corrected chi connectivity index (χ1v) is 8.31. The minimum Gasteiger partial charge on any atom is -0.368 e. The topological polar surface area (TPSA) is 72.2 Å². The van der Waals surface area contributed by atoms with Gasteiger partial charge in [0.2, 0.25) is 11.8 Å². The van der Waals surface area contributed by atoms with Crippen LogP contribution in [0.3, 0.4) is 0 Å². The van der Waals surface area contributed by atoms with Crippen LogP contribution >= 0.6 is 0 Å². The Labute approximate surface area is 143 Å². The molecule has 0 heterocycles. The number of aryl methyl sites for hydroxylation is 2. The highest BCUT2D eigenvalue weighted by molar-refractivity contribution is 5.86. The smallest absolute Gasteiger partial charge is 0.239 e. The highest BCUT2D eigenvalue weighted by Gasteiger charge is 2.17. The molecule has 2 aromatic carbocycles. The number of carbonyl (C=O) groups excluding carboxylic acids is 2. The minimum atomic E-state index is -0.600. The van der Waals surface area contributed by atoms with E-state index in [4.69, 9.17) is 5.73 Å². The number of carbonyl (C=O) groups is 2. The number of amides is 2. The van der Waals surface area contributed by atoms with E-state index in [1.807, 2.05) is 48.5 Å². The molecule has 0 saturated heterocycles. The summed E-state index contributed by atoms with van der Waals surface area (Å²) in [4.78, 5) is 23.6. The summed E-state index contributed by atoms with van der Waals surface area (Å²) in [5.41, 5.74) is 7.74. The molecule has 126 valence electrons. The van der Waals surface area contributed by atoms with Crippen molar-refractivity contribution in [1.82, 2.24) is 5.32 Å². The van der Waals surface area contributed by atoms with Crippen molar-refractivity contribution >= 4 is 11.8 Å². The van der Waals surface area contributed by atoms with Crippen LogP contribution in [0.1, 0.15) is 30.4 Å². The van der Waals surface area contributed by atoms with E-state index in [-0.39, 0.29) is 5.91 Å². The van der Waals surface area contributed by atoms with Crippen LogP contribution in [0.2, 0.25) is 0 Å². The van der Waals surface area contributed by atoms with E-state index in [1.165, 1.54) is 5.56 Å². The van der Waals surface area contributed by atoms with Gasteiger partial charge in [-0.1, -0.05) is 60.7 Å². The van der Waals surface area contributed by atoms with Gasteiger partial charge in [-0.2, -0.15) is 0 Å². The zero-order chi connectivity index (χ0) is 17.2. The molecule has 2 rings (SSSR count). The Morgan fingerprint density at radius 2 is 1.42 bits per heavy atom. The van der Waals surface area contributed by atoms with Gasteiger partial charge in [-0.05, 0) is 36.8 Å². The van der Waals surface area contributed by atoms with Gasteiger partial charge in [-0.3, -0.25) is 9.59 Å². The van der Waals surface area contributed by atoms with Crippen LogP contribution in [0, 0.1) is 0 Å². The monoisotopic (exact) mass is 324 g/mol. The molecule has 2 amide bonds. The van der Waals surface area contributed by atoms with E-state index in [0.717, 1.165) is 18.4 Å². The highest BCUT2D eigenvalue weighted by Crippen LogP contribution is 2.07. The molecule has 0 saturated carbocycles. The molecule has 4 heteroatoms. The van der Waals surface area contributed by atoms with Gasteiger partial charge in [0, 0.05) is 6.42 Å². The first-order valence-electron chi connectivity index (χ1n) is 8.31. The third kappa shape index (κ3) is 6.24. The maximum atomic E-state index is 12.0. The van der Waals surface area contributed by atoms with Crippen LogP contribution < -0.4 is 11.1 Å². The SMILES string of the molecule is NC(=O)[C@@H](CCCc1ccccc1)NC(=O)CCc1ccccc1. The Morgan fingerprint density at radius 3 is 1.96 bits per heavy atom. The summed E-state index contributed by atoms with van der Waals surface area (Å²) in [5.74, 6) is -0.613. The zero-order valence-corrected chi connectivity index (χ0v) is 13.8. The highest BCUT2D eigenvalue weighted by atomic mass is 16.2. The minimum absolute atomic E-state index is 0.137. The maximum Gasteiger partial charge on any atom is 0.239 e. The van der Waals surface area contributed by atoms with Crippen molar-refractivity contribution in [3.05, 3.63) is 71.8 Å². The average molecular weight is 324 g/mol. The summed E-state index contributed by atoms with van der Waals surface area (Å²) in [5, 5.41) is 2.76. The molecule has 2 aromatic rings. The first kappa shape index (κ1) is 17.7. The van der Waals surface area contributed by atoms with E-state index in [1.54, 1.807) is 0 Å². The molecule has 0 aromatic heterocycles. The second-order valence-corrected chi connectivity index (χ2v) is 5.89. The fourth-order valence-corrected chi connectivity index (χ4v) is 2.61. The van der Waals surface area contributed by atoms with Crippen LogP contribution in [-0.2, 0) is 22.4 Å². The molecule has 0 aliphatic rings. The second kappa shape index (κ2) is 9.50. The molecule has 0 fully saturated rings. The van der Waals surface area contributed by atoms with E-state index in [0.29, 0.717) is 19.3 Å². The van der Waals surface area contributed by atoms with Gasteiger partial charge in [-0.25, -0.2) is 0 Å². The van der Waals surface area contributed by atoms with Crippen molar-refractivity contribution in [2.24, 2.45) is 5.73 Å². The third-order valence-electron chi connectivity index (χ3n) is 3.96. The van der Waals surface area contributed by atoms with Gasteiger partial charge in [0.05, 0.1) is 0 Å². The van der Waals surface area contributed by atoms with Gasteiger partial charge >= 0.3 is 0 Å². The van der Waals surface area contributed by atoms with Crippen LogP contribution in [0.5, 0.6) is 0 Å². The second-order valence-electron chi connectivity index (χ2n) is 5.89. The van der Waals surface area contributed by atoms with Crippen LogP contribution in [0.15, 0.2) is 60.7 Å². The molecule has 1 atom stereocenters. The molecular formula is C20H24N2O2. The molecule has 4 nitrogen and oxygen atoms in total. The van der Waals surface area contributed by atoms with Gasteiger partial charge in [-0.15, -0.1) is 0 Å². The lowest BCUT2D eigenvalue weighted by Crippen LogP contribution is -2.44. The largest absolute Gasteiger partial charge is 0.368 e. The van der Waals surface area contributed by atoms with Crippen molar-refractivity contribution in [3.63, 3.8) is 0 Å². The fourth-order valence-electron chi connectivity index (χ4n) is 2.61. The summed E-state index contributed by atoms with van der Waals surface area (Å²) in [6.45, 7) is 0. The van der Waals surface area contributed by atoms with Gasteiger partial charge in [0.25, 0.3) is 0 Å². The number of hydrogen-bond donors (Lipinski definition) is 2. The fraction of sp³-hybridized carbons (Fsp3) is 0.300. The van der Waals surface area contributed by atoms with Crippen molar-refractivity contribution in [2.45, 2.75) is 38.1 Å². The number of nitrogens with one attached hydrogen (secondary N) is 1. The van der Waals surface area contributed by atoms with Gasteiger partial charge in [0.1, 0.15) is 6.04 Å². The summed E-state index contributed by atoms with van der Waals surface area (Å²) in [7, 11) is 0. The number of rotatable bonds is 9. The summed E-state index contributed by atoms with van der Waals surface area (Å²) >= 11 is 0. The first-order chi connectivity index (χ1) is 11.6. The van der Waals surface area contributed by atoms with E-state index >= 15 is 0 Å². The molecule has 0 unspecified atom stereocenters. The lowest BCUT2D eigenvalue weighted by Gasteiger charge is -2.15. The van der Waals surface area contributed by atoms with Gasteiger partial charge in [0.15, 0.2) is 0 Å². The van der Waals surface area contributed by atoms with Crippen LogP contribution in [0.25, 0.3) is 0 Å². The Balaban J connectivity index is 1.75. The lowest BCUT2D eigenvalue weighted by atomic mass is 10.0. The standard InChI is InChI=1S/C20H24N2O2/c21-20(24)18(13-7-12-16-8-3-1-4-9-16)22-19(23)15-14-17-10-5-2-6-11-17/h1-6,8-11,18H,7,12-15H2,(H2,21,24)(H,22,23)/t18-/m1/s1. The predicted octanol–water partition coefficient (Wildman–Crippen LogP) is 2.61. The normalized spacial score (nSPS) is 11.7. The lowest BCUT2D eigenvalue weighted by molar-refractivity contribution is -0.127. The predicted molar refractivity (Wildman–Crippen MR) is 95.3 cm³/mol. The number of benzene rings is 2. The molecular weight excluding hydrogens is 300 g/mol. The zero-order valence-electron chi connectivity index (χ0n) is 13.8. The number of hydrogen-bond acceptors (Lipinski definition) is 2. The summed E-state index contributed by atoms with van der Waals surface area (Å²) in [6, 6.07) is 19.3. The van der Waals surface area contributed by atoms with E-state index < -0.39 is 11.9 Å². The van der Waals surface area contributed by atoms with Crippen molar-refractivity contribution in [1.29, 1.82) is 0 Å². The van der Waals surface area contributed by atoms with Crippen molar-refractivity contribution in [3.8, 4) is 0 Å². The summed E-state index contributed by atoms with van der Waals surface area (Å²) < 4.78 is 0. The molecule has 0 bridgehead atoms. The average Bonchev–Trinajstić information content (AvgIpc) is 2.61. The number of primary amides is 1. The van der Waals surface area contributed by atoms with E-state index in [2.05, 4.69) is 17.4 Å². The molecule has 0 spiro atoms. The Kier molecular flexibility index (Phi) is 7.02. The van der Waals surface area contributed by atoms with Crippen molar-refractivity contribution < 1.29 is 9.59 Å². The molecule has 3 N–H and O–H groups in total. The summed E-state index contributed by atoms with van der Waals surface area (Å²) in [6.07, 6.45) is 3.23. The molecule has 0 aliphatic carbocycles. The van der Waals surface area contributed by atoms with Crippen LogP contribution in [0.4, 0.5) is 0 Å².